The third-order valence-electron chi connectivity index (χ3n) is 2.91. The summed E-state index contributed by atoms with van der Waals surface area (Å²) in [5.41, 5.74) is 1.12. The number of nitro benzene ring substituents is 1. The van der Waals surface area contributed by atoms with Crippen molar-refractivity contribution in [1.29, 1.82) is 0 Å². The van der Waals surface area contributed by atoms with Crippen molar-refractivity contribution in [3.05, 3.63) is 62.4 Å². The molecule has 6 nitrogen and oxygen atoms in total. The van der Waals surface area contributed by atoms with Crippen molar-refractivity contribution in [2.45, 2.75) is 13.5 Å². The maximum absolute atomic E-state index is 11.8. The highest BCUT2D eigenvalue weighted by Gasteiger charge is 2.17. The Morgan fingerprint density at radius 2 is 2.14 bits per heavy atom. The smallest absolute Gasteiger partial charge is 0.354 e. The summed E-state index contributed by atoms with van der Waals surface area (Å²) < 4.78 is 7.09. The van der Waals surface area contributed by atoms with Crippen molar-refractivity contribution in [2.24, 2.45) is 0 Å². The topological polar surface area (TPSA) is 74.4 Å². The molecule has 7 heteroatoms. The SMILES string of the molecule is CCOC(=O)c1cccn1Cc1cccc([N+](=O)[O-])c1Br. The maximum Gasteiger partial charge on any atom is 0.354 e. The van der Waals surface area contributed by atoms with Crippen LogP contribution in [0.15, 0.2) is 41.0 Å². The van der Waals surface area contributed by atoms with Crippen LogP contribution in [-0.4, -0.2) is 22.1 Å². The highest BCUT2D eigenvalue weighted by molar-refractivity contribution is 9.10. The van der Waals surface area contributed by atoms with Gasteiger partial charge in [0.1, 0.15) is 10.2 Å². The zero-order chi connectivity index (χ0) is 15.4. The molecule has 0 radical (unpaired) electrons. The predicted molar refractivity (Wildman–Crippen MR) is 80.3 cm³/mol. The van der Waals surface area contributed by atoms with E-state index < -0.39 is 10.9 Å². The van der Waals surface area contributed by atoms with Crippen LogP contribution in [0.5, 0.6) is 0 Å². The number of halogens is 1. The molecular formula is C14H13BrN2O4. The Balaban J connectivity index is 2.32. The fourth-order valence-corrected chi connectivity index (χ4v) is 2.49. The Labute approximate surface area is 129 Å². The zero-order valence-corrected chi connectivity index (χ0v) is 12.9. The first-order chi connectivity index (χ1) is 10.0. The summed E-state index contributed by atoms with van der Waals surface area (Å²) in [4.78, 5) is 22.3. The van der Waals surface area contributed by atoms with Crippen molar-refractivity contribution in [3.8, 4) is 0 Å². The van der Waals surface area contributed by atoms with Crippen molar-refractivity contribution >= 4 is 27.6 Å². The van der Waals surface area contributed by atoms with Crippen molar-refractivity contribution in [3.63, 3.8) is 0 Å². The van der Waals surface area contributed by atoms with E-state index in [4.69, 9.17) is 4.74 Å². The van der Waals surface area contributed by atoms with E-state index in [9.17, 15) is 14.9 Å². The molecular weight excluding hydrogens is 340 g/mol. The number of carbonyl (C=O) groups is 1. The van der Waals surface area contributed by atoms with Crippen LogP contribution in [0.1, 0.15) is 23.0 Å². The van der Waals surface area contributed by atoms with Crippen LogP contribution in [0, 0.1) is 10.1 Å². The van der Waals surface area contributed by atoms with E-state index in [1.807, 2.05) is 0 Å². The minimum Gasteiger partial charge on any atom is -0.461 e. The monoisotopic (exact) mass is 352 g/mol. The predicted octanol–water partition coefficient (Wildman–Crippen LogP) is 3.38. The van der Waals surface area contributed by atoms with Gasteiger partial charge in [0.2, 0.25) is 0 Å². The van der Waals surface area contributed by atoms with Crippen LogP contribution in [0.2, 0.25) is 0 Å². The Hall–Kier alpha value is -2.15. The molecule has 0 bridgehead atoms. The van der Waals surface area contributed by atoms with Crippen LogP contribution in [0.3, 0.4) is 0 Å². The number of nitrogens with zero attached hydrogens (tertiary/aromatic N) is 2. The summed E-state index contributed by atoms with van der Waals surface area (Å²) in [6, 6.07) is 8.20. The van der Waals surface area contributed by atoms with Crippen LogP contribution in [0.4, 0.5) is 5.69 Å². The Bertz CT molecular complexity index is 681. The summed E-state index contributed by atoms with van der Waals surface area (Å²) in [7, 11) is 0. The molecule has 0 fully saturated rings. The second-order valence-corrected chi connectivity index (χ2v) is 5.04. The van der Waals surface area contributed by atoms with Crippen LogP contribution in [-0.2, 0) is 11.3 Å². The Kier molecular flexibility index (Phi) is 4.74. The van der Waals surface area contributed by atoms with E-state index in [0.717, 1.165) is 0 Å². The van der Waals surface area contributed by atoms with E-state index in [1.54, 1.807) is 42.0 Å². The van der Waals surface area contributed by atoms with Gasteiger partial charge in [-0.05, 0) is 40.5 Å². The molecule has 110 valence electrons. The molecule has 0 spiro atoms. The van der Waals surface area contributed by atoms with Gasteiger partial charge in [-0.3, -0.25) is 10.1 Å². The maximum atomic E-state index is 11.8. The number of esters is 1. The number of benzene rings is 1. The molecule has 21 heavy (non-hydrogen) atoms. The van der Waals surface area contributed by atoms with Crippen molar-refractivity contribution in [2.75, 3.05) is 6.61 Å². The quantitative estimate of drug-likeness (QED) is 0.469. The lowest BCUT2D eigenvalue weighted by Gasteiger charge is -2.10. The van der Waals surface area contributed by atoms with E-state index in [2.05, 4.69) is 15.9 Å². The molecule has 1 heterocycles. The normalized spacial score (nSPS) is 10.4. The Morgan fingerprint density at radius 3 is 2.81 bits per heavy atom. The molecule has 2 rings (SSSR count). The van der Waals surface area contributed by atoms with Gasteiger partial charge in [0, 0.05) is 18.8 Å². The van der Waals surface area contributed by atoms with Crippen molar-refractivity contribution in [1.82, 2.24) is 4.57 Å². The van der Waals surface area contributed by atoms with E-state index in [-0.39, 0.29) is 5.69 Å². The van der Waals surface area contributed by atoms with Gasteiger partial charge in [0.05, 0.1) is 11.5 Å². The first-order valence-corrected chi connectivity index (χ1v) is 7.08. The third kappa shape index (κ3) is 3.30. The lowest BCUT2D eigenvalue weighted by Crippen LogP contribution is -2.12. The zero-order valence-electron chi connectivity index (χ0n) is 11.3. The third-order valence-corrected chi connectivity index (χ3v) is 3.83. The number of ether oxygens (including phenoxy) is 1. The molecule has 0 aliphatic heterocycles. The second-order valence-electron chi connectivity index (χ2n) is 4.25. The standard InChI is InChI=1S/C14H13BrN2O4/c1-2-21-14(18)12-7-4-8-16(12)9-10-5-3-6-11(13(10)15)17(19)20/h3-8H,2,9H2,1H3. The van der Waals surface area contributed by atoms with Gasteiger partial charge in [0.15, 0.2) is 0 Å². The number of hydrogen-bond donors (Lipinski definition) is 0. The summed E-state index contributed by atoms with van der Waals surface area (Å²) in [6.45, 7) is 2.37. The summed E-state index contributed by atoms with van der Waals surface area (Å²) >= 11 is 3.25. The molecule has 0 N–H and O–H groups in total. The molecule has 0 atom stereocenters. The minimum atomic E-state index is -0.449. The van der Waals surface area contributed by atoms with E-state index >= 15 is 0 Å². The molecule has 2 aromatic rings. The first-order valence-electron chi connectivity index (χ1n) is 6.28. The van der Waals surface area contributed by atoms with Crippen LogP contribution in [0.25, 0.3) is 0 Å². The van der Waals surface area contributed by atoms with Gasteiger partial charge in [-0.15, -0.1) is 0 Å². The first kappa shape index (κ1) is 15.2. The molecule has 0 unspecified atom stereocenters. The minimum absolute atomic E-state index is 0.00246. The number of nitro groups is 1. The molecule has 1 aromatic heterocycles. The van der Waals surface area contributed by atoms with Crippen molar-refractivity contribution < 1.29 is 14.5 Å². The molecule has 0 saturated heterocycles. The highest BCUT2D eigenvalue weighted by atomic mass is 79.9. The van der Waals surface area contributed by atoms with Gasteiger partial charge in [-0.1, -0.05) is 12.1 Å². The van der Waals surface area contributed by atoms with E-state index in [1.165, 1.54) is 6.07 Å². The largest absolute Gasteiger partial charge is 0.461 e. The molecule has 0 aliphatic carbocycles. The highest BCUT2D eigenvalue weighted by Crippen LogP contribution is 2.29. The lowest BCUT2D eigenvalue weighted by atomic mass is 10.2. The van der Waals surface area contributed by atoms with Gasteiger partial charge in [0.25, 0.3) is 5.69 Å². The fourth-order valence-electron chi connectivity index (χ4n) is 1.96. The van der Waals surface area contributed by atoms with E-state index in [0.29, 0.717) is 28.9 Å². The lowest BCUT2D eigenvalue weighted by molar-refractivity contribution is -0.385. The van der Waals surface area contributed by atoms with Gasteiger partial charge >= 0.3 is 5.97 Å². The molecule has 1 aromatic carbocycles. The summed E-state index contributed by atoms with van der Waals surface area (Å²) in [6.07, 6.45) is 1.73. The molecule has 0 saturated carbocycles. The van der Waals surface area contributed by atoms with Gasteiger partial charge in [-0.2, -0.15) is 0 Å². The molecule has 0 amide bonds. The number of aromatic nitrogens is 1. The van der Waals surface area contributed by atoms with Crippen LogP contribution < -0.4 is 0 Å². The average Bonchev–Trinajstić information content (AvgIpc) is 2.89. The number of carbonyl (C=O) groups excluding carboxylic acids is 1. The van der Waals surface area contributed by atoms with Crippen LogP contribution >= 0.6 is 15.9 Å². The Morgan fingerprint density at radius 1 is 1.38 bits per heavy atom. The van der Waals surface area contributed by atoms with Gasteiger partial charge < -0.3 is 9.30 Å². The second kappa shape index (κ2) is 6.53. The number of hydrogen-bond acceptors (Lipinski definition) is 4. The molecule has 0 aliphatic rings. The number of rotatable bonds is 5. The average molecular weight is 353 g/mol. The summed E-state index contributed by atoms with van der Waals surface area (Å²) in [5.74, 6) is -0.413. The van der Waals surface area contributed by atoms with Gasteiger partial charge in [-0.25, -0.2) is 4.79 Å². The summed E-state index contributed by atoms with van der Waals surface area (Å²) in [5, 5.41) is 10.9. The fraction of sp³-hybridized carbons (Fsp3) is 0.214.